The first-order valence-corrected chi connectivity index (χ1v) is 4.90. The average molecular weight is 241 g/mol. The van der Waals surface area contributed by atoms with Crippen molar-refractivity contribution < 1.29 is 19.2 Å². The number of methoxy groups -OCH3 is 2. The maximum absolute atomic E-state index is 10.4. The van der Waals surface area contributed by atoms with Crippen LogP contribution in [0.15, 0.2) is 18.2 Å². The first-order valence-electron chi connectivity index (χ1n) is 4.90. The number of ether oxygens (including phenoxy) is 2. The minimum absolute atomic E-state index is 0.0161. The standard InChI is InChI=1S/C8H9NO4.C3H6O/c1-12-7-4-3-6(9(10)11)5-8(7)13-2;1-2-3-4/h3-5H,1-2H3;3H,2H2,1H3. The number of rotatable bonds is 4. The maximum Gasteiger partial charge on any atom is 0.273 e. The van der Waals surface area contributed by atoms with Gasteiger partial charge in [0.2, 0.25) is 0 Å². The quantitative estimate of drug-likeness (QED) is 0.458. The Hall–Kier alpha value is -2.11. The molecule has 0 aliphatic carbocycles. The Kier molecular flexibility index (Phi) is 7.09. The zero-order valence-electron chi connectivity index (χ0n) is 10.0. The summed E-state index contributed by atoms with van der Waals surface area (Å²) in [6, 6.07) is 4.18. The second-order valence-corrected chi connectivity index (χ2v) is 2.87. The third kappa shape index (κ3) is 4.96. The first kappa shape index (κ1) is 14.9. The lowest BCUT2D eigenvalue weighted by atomic mass is 10.3. The third-order valence-corrected chi connectivity index (χ3v) is 1.74. The number of carbonyl (C=O) groups is 1. The van der Waals surface area contributed by atoms with Gasteiger partial charge in [-0.05, 0) is 6.07 Å². The van der Waals surface area contributed by atoms with E-state index in [0.717, 1.165) is 6.29 Å². The minimum Gasteiger partial charge on any atom is -0.493 e. The molecule has 0 radical (unpaired) electrons. The molecule has 0 atom stereocenters. The molecule has 0 bridgehead atoms. The molecule has 0 N–H and O–H groups in total. The molecule has 0 amide bonds. The van der Waals surface area contributed by atoms with Gasteiger partial charge in [-0.1, -0.05) is 6.92 Å². The minimum atomic E-state index is -0.484. The normalized spacial score (nSPS) is 8.65. The van der Waals surface area contributed by atoms with E-state index in [2.05, 4.69) is 0 Å². The summed E-state index contributed by atoms with van der Waals surface area (Å²) in [4.78, 5) is 19.1. The number of hydrogen-bond donors (Lipinski definition) is 0. The van der Waals surface area contributed by atoms with Crippen molar-refractivity contribution in [2.75, 3.05) is 14.2 Å². The van der Waals surface area contributed by atoms with Gasteiger partial charge in [0.15, 0.2) is 11.5 Å². The summed E-state index contributed by atoms with van der Waals surface area (Å²) in [7, 11) is 2.91. The number of nitro groups is 1. The summed E-state index contributed by atoms with van der Waals surface area (Å²) in [5.41, 5.74) is -0.0161. The van der Waals surface area contributed by atoms with E-state index < -0.39 is 4.92 Å². The molecule has 0 aromatic heterocycles. The molecule has 1 aromatic carbocycles. The van der Waals surface area contributed by atoms with Crippen LogP contribution < -0.4 is 9.47 Å². The second-order valence-electron chi connectivity index (χ2n) is 2.87. The molecule has 0 fully saturated rings. The van der Waals surface area contributed by atoms with Crippen molar-refractivity contribution in [3.63, 3.8) is 0 Å². The van der Waals surface area contributed by atoms with Crippen molar-refractivity contribution in [2.24, 2.45) is 0 Å². The molecule has 6 nitrogen and oxygen atoms in total. The van der Waals surface area contributed by atoms with E-state index in [9.17, 15) is 14.9 Å². The van der Waals surface area contributed by atoms with Crippen LogP contribution in [0.5, 0.6) is 11.5 Å². The van der Waals surface area contributed by atoms with E-state index in [1.165, 1.54) is 32.4 Å². The SMILES string of the molecule is CCC=O.COc1ccc([N+](=O)[O-])cc1OC. The van der Waals surface area contributed by atoms with Crippen molar-refractivity contribution in [3.8, 4) is 11.5 Å². The van der Waals surface area contributed by atoms with Gasteiger partial charge in [-0.2, -0.15) is 0 Å². The van der Waals surface area contributed by atoms with E-state index in [4.69, 9.17) is 9.47 Å². The lowest BCUT2D eigenvalue weighted by Gasteiger charge is -2.05. The lowest BCUT2D eigenvalue weighted by molar-refractivity contribution is -0.384. The molecule has 0 saturated carbocycles. The van der Waals surface area contributed by atoms with Crippen LogP contribution in [0.4, 0.5) is 5.69 Å². The van der Waals surface area contributed by atoms with Gasteiger partial charge < -0.3 is 14.3 Å². The molecule has 0 unspecified atom stereocenters. The summed E-state index contributed by atoms with van der Waals surface area (Å²) in [5, 5.41) is 10.4. The van der Waals surface area contributed by atoms with Gasteiger partial charge in [0.05, 0.1) is 25.2 Å². The first-order chi connectivity index (χ1) is 8.10. The highest BCUT2D eigenvalue weighted by Gasteiger charge is 2.10. The molecule has 0 heterocycles. The van der Waals surface area contributed by atoms with Gasteiger partial charge in [0.1, 0.15) is 6.29 Å². The molecule has 94 valence electrons. The van der Waals surface area contributed by atoms with Crippen molar-refractivity contribution in [1.82, 2.24) is 0 Å². The largest absolute Gasteiger partial charge is 0.493 e. The van der Waals surface area contributed by atoms with Crippen LogP contribution in [-0.2, 0) is 4.79 Å². The van der Waals surface area contributed by atoms with Crippen LogP contribution in [0.1, 0.15) is 13.3 Å². The predicted molar refractivity (Wildman–Crippen MR) is 62.6 cm³/mol. The number of hydrogen-bond acceptors (Lipinski definition) is 5. The van der Waals surface area contributed by atoms with E-state index in [1.807, 2.05) is 6.92 Å². The van der Waals surface area contributed by atoms with Gasteiger partial charge >= 0.3 is 0 Å². The summed E-state index contributed by atoms with van der Waals surface area (Å²) in [5.74, 6) is 0.838. The van der Waals surface area contributed by atoms with Gasteiger partial charge in [0, 0.05) is 12.5 Å². The highest BCUT2D eigenvalue weighted by molar-refractivity contribution is 5.48. The van der Waals surface area contributed by atoms with Crippen molar-refractivity contribution in [1.29, 1.82) is 0 Å². The number of aldehydes is 1. The molecule has 0 spiro atoms. The number of nitrogens with zero attached hydrogens (tertiary/aromatic N) is 1. The monoisotopic (exact) mass is 241 g/mol. The van der Waals surface area contributed by atoms with E-state index in [0.29, 0.717) is 17.9 Å². The highest BCUT2D eigenvalue weighted by atomic mass is 16.6. The van der Waals surface area contributed by atoms with E-state index in [-0.39, 0.29) is 5.69 Å². The summed E-state index contributed by atoms with van der Waals surface area (Å²) in [6.45, 7) is 1.81. The second kappa shape index (κ2) is 8.09. The molecule has 1 rings (SSSR count). The van der Waals surface area contributed by atoms with E-state index >= 15 is 0 Å². The molecular weight excluding hydrogens is 226 g/mol. The van der Waals surface area contributed by atoms with Crippen LogP contribution in [-0.4, -0.2) is 25.4 Å². The fraction of sp³-hybridized carbons (Fsp3) is 0.364. The van der Waals surface area contributed by atoms with Crippen molar-refractivity contribution >= 4 is 12.0 Å². The summed E-state index contributed by atoms with van der Waals surface area (Å²) in [6.07, 6.45) is 1.51. The molecule has 6 heteroatoms. The highest BCUT2D eigenvalue weighted by Crippen LogP contribution is 2.30. The van der Waals surface area contributed by atoms with Crippen LogP contribution in [0, 0.1) is 10.1 Å². The lowest BCUT2D eigenvalue weighted by Crippen LogP contribution is -1.93. The number of nitro benzene ring substituents is 1. The van der Waals surface area contributed by atoms with Gasteiger partial charge in [-0.15, -0.1) is 0 Å². The Morgan fingerprint density at radius 3 is 2.18 bits per heavy atom. The fourth-order valence-corrected chi connectivity index (χ4v) is 0.938. The maximum atomic E-state index is 10.4. The topological polar surface area (TPSA) is 78.7 Å². The van der Waals surface area contributed by atoms with Crippen LogP contribution in [0.3, 0.4) is 0 Å². The Labute approximate surface area is 99.3 Å². The van der Waals surface area contributed by atoms with Crippen LogP contribution in [0.25, 0.3) is 0 Å². The Morgan fingerprint density at radius 1 is 1.29 bits per heavy atom. The summed E-state index contributed by atoms with van der Waals surface area (Å²) < 4.78 is 9.82. The Morgan fingerprint density at radius 2 is 1.82 bits per heavy atom. The van der Waals surface area contributed by atoms with Crippen LogP contribution >= 0.6 is 0 Å². The zero-order chi connectivity index (χ0) is 13.3. The van der Waals surface area contributed by atoms with Gasteiger partial charge in [-0.25, -0.2) is 0 Å². The average Bonchev–Trinajstić information content (AvgIpc) is 2.37. The predicted octanol–water partition coefficient (Wildman–Crippen LogP) is 2.21. The van der Waals surface area contributed by atoms with Gasteiger partial charge in [0.25, 0.3) is 5.69 Å². The molecular formula is C11H15NO5. The molecule has 0 saturated heterocycles. The molecule has 17 heavy (non-hydrogen) atoms. The number of non-ortho nitro benzene ring substituents is 1. The Bertz CT molecular complexity index is 378. The van der Waals surface area contributed by atoms with E-state index in [1.54, 1.807) is 0 Å². The smallest absolute Gasteiger partial charge is 0.273 e. The molecule has 1 aromatic rings. The summed E-state index contributed by atoms with van der Waals surface area (Å²) >= 11 is 0. The zero-order valence-corrected chi connectivity index (χ0v) is 10.0. The van der Waals surface area contributed by atoms with Crippen molar-refractivity contribution in [3.05, 3.63) is 28.3 Å². The molecule has 0 aliphatic heterocycles. The van der Waals surface area contributed by atoms with Crippen LogP contribution in [0.2, 0.25) is 0 Å². The third-order valence-electron chi connectivity index (χ3n) is 1.74. The van der Waals surface area contributed by atoms with Gasteiger partial charge in [-0.3, -0.25) is 10.1 Å². The Balaban J connectivity index is 0.000000557. The molecule has 0 aliphatic rings. The number of carbonyl (C=O) groups excluding carboxylic acids is 1. The number of benzene rings is 1. The fourth-order valence-electron chi connectivity index (χ4n) is 0.938. The van der Waals surface area contributed by atoms with Crippen molar-refractivity contribution in [2.45, 2.75) is 13.3 Å².